The smallest absolute Gasteiger partial charge is 0.410 e. The van der Waals surface area contributed by atoms with E-state index in [4.69, 9.17) is 9.47 Å². The molecule has 1 unspecified atom stereocenters. The first-order valence-corrected chi connectivity index (χ1v) is 22.7. The van der Waals surface area contributed by atoms with E-state index in [9.17, 15) is 38.4 Å². The molecule has 1 aromatic carbocycles. The summed E-state index contributed by atoms with van der Waals surface area (Å²) in [5.74, 6) is -4.46. The molecule has 67 heavy (non-hydrogen) atoms. The summed E-state index contributed by atoms with van der Waals surface area (Å²) in [7, 11) is 5.03. The monoisotopic (exact) mass is 934 g/mol. The minimum atomic E-state index is -1.42. The topological polar surface area (TPSA) is 206 Å². The highest BCUT2D eigenvalue weighted by Gasteiger charge is 2.46. The first-order chi connectivity index (χ1) is 30.6. The second kappa shape index (κ2) is 21.7. The van der Waals surface area contributed by atoms with E-state index >= 15 is 0 Å². The fourth-order valence-electron chi connectivity index (χ4n) is 8.02. The summed E-state index contributed by atoms with van der Waals surface area (Å²) in [6.07, 6.45) is 4.81. The lowest BCUT2D eigenvalue weighted by molar-refractivity contribution is -0.159. The highest BCUT2D eigenvalue weighted by Crippen LogP contribution is 2.37. The van der Waals surface area contributed by atoms with Crippen molar-refractivity contribution in [3.8, 4) is 0 Å². The van der Waals surface area contributed by atoms with Crippen LogP contribution in [-0.4, -0.2) is 129 Å². The lowest BCUT2D eigenvalue weighted by atomic mass is 9.76. The summed E-state index contributed by atoms with van der Waals surface area (Å²) in [5, 5.41) is 9.15. The molecular weight excluding hydrogens is 859 g/mol. The van der Waals surface area contributed by atoms with Crippen LogP contribution in [0.25, 0.3) is 10.9 Å². The third-order valence-corrected chi connectivity index (χ3v) is 11.2. The molecule has 1 aliphatic rings. The number of imide groups is 1. The van der Waals surface area contributed by atoms with E-state index in [0.29, 0.717) is 0 Å². The van der Waals surface area contributed by atoms with Gasteiger partial charge in [0, 0.05) is 74.5 Å². The second-order valence-electron chi connectivity index (χ2n) is 21.5. The molecule has 1 aliphatic heterocycles. The van der Waals surface area contributed by atoms with Crippen LogP contribution in [0.2, 0.25) is 0 Å². The van der Waals surface area contributed by atoms with Crippen molar-refractivity contribution in [3.63, 3.8) is 0 Å². The fraction of sp³-hybridized carbons (Fsp3) is 0.600. The zero-order chi connectivity index (χ0) is 51.1. The van der Waals surface area contributed by atoms with Gasteiger partial charge in [0.25, 0.3) is 11.8 Å². The molecule has 0 saturated heterocycles. The molecule has 3 N–H and O–H groups in total. The van der Waals surface area contributed by atoms with Crippen molar-refractivity contribution in [2.75, 3.05) is 27.2 Å². The number of ether oxygens (including phenoxy) is 2. The van der Waals surface area contributed by atoms with Crippen LogP contribution < -0.4 is 16.0 Å². The summed E-state index contributed by atoms with van der Waals surface area (Å²) in [5.41, 5.74) is -1.40. The Morgan fingerprint density at radius 1 is 0.791 bits per heavy atom. The lowest BCUT2D eigenvalue weighted by Crippen LogP contribution is -2.61. The van der Waals surface area contributed by atoms with Gasteiger partial charge in [-0.3, -0.25) is 38.6 Å². The van der Waals surface area contributed by atoms with Gasteiger partial charge >= 0.3 is 12.1 Å². The van der Waals surface area contributed by atoms with Crippen LogP contribution in [-0.2, 0) is 55.5 Å². The van der Waals surface area contributed by atoms with Crippen LogP contribution in [0.15, 0.2) is 54.3 Å². The van der Waals surface area contributed by atoms with Gasteiger partial charge in [0.15, 0.2) is 0 Å². The Kier molecular flexibility index (Phi) is 18.0. The Balaban J connectivity index is 1.96. The molecule has 4 atom stereocenters. The molecule has 2 aromatic rings. The summed E-state index contributed by atoms with van der Waals surface area (Å²) in [6, 6.07) is 3.45. The van der Waals surface area contributed by atoms with Crippen molar-refractivity contribution in [1.29, 1.82) is 0 Å². The number of esters is 1. The number of hydrogen-bond acceptors (Lipinski definition) is 10. The Labute approximate surface area is 396 Å². The second-order valence-corrected chi connectivity index (χ2v) is 21.5. The Morgan fingerprint density at radius 2 is 1.36 bits per heavy atom. The number of nitrogens with zero attached hydrogens (tertiary/aromatic N) is 4. The van der Waals surface area contributed by atoms with E-state index < -0.39 is 100 Å². The van der Waals surface area contributed by atoms with E-state index in [1.807, 2.05) is 90.5 Å². The van der Waals surface area contributed by atoms with Crippen molar-refractivity contribution in [3.05, 3.63) is 59.8 Å². The van der Waals surface area contributed by atoms with Crippen molar-refractivity contribution in [2.45, 2.75) is 151 Å². The molecule has 1 aromatic heterocycles. The maximum atomic E-state index is 15.0. The number of hydrogen-bond donors (Lipinski definition) is 3. The molecule has 17 nitrogen and oxygen atoms in total. The first kappa shape index (κ1) is 55.3. The molecule has 370 valence electrons. The molecule has 2 heterocycles. The van der Waals surface area contributed by atoms with Crippen LogP contribution in [0.4, 0.5) is 4.79 Å². The number of likely N-dealkylation sites (N-methyl/N-ethyl adjacent to an activating group) is 2. The number of benzene rings is 1. The third kappa shape index (κ3) is 15.3. The van der Waals surface area contributed by atoms with Gasteiger partial charge in [-0.1, -0.05) is 72.7 Å². The van der Waals surface area contributed by atoms with Gasteiger partial charge in [-0.15, -0.1) is 0 Å². The number of aryl methyl sites for hydroxylation is 1. The van der Waals surface area contributed by atoms with Gasteiger partial charge in [-0.2, -0.15) is 0 Å². The summed E-state index contributed by atoms with van der Waals surface area (Å²) < 4.78 is 13.3. The summed E-state index contributed by atoms with van der Waals surface area (Å²) >= 11 is 0. The van der Waals surface area contributed by atoms with Gasteiger partial charge in [0.2, 0.25) is 23.6 Å². The Morgan fingerprint density at radius 3 is 1.90 bits per heavy atom. The van der Waals surface area contributed by atoms with Crippen LogP contribution >= 0.6 is 0 Å². The molecule has 0 spiro atoms. The third-order valence-electron chi connectivity index (χ3n) is 11.2. The van der Waals surface area contributed by atoms with E-state index in [0.717, 1.165) is 33.5 Å². The molecule has 0 fully saturated rings. The zero-order valence-corrected chi connectivity index (χ0v) is 42.7. The van der Waals surface area contributed by atoms with Crippen molar-refractivity contribution in [1.82, 2.24) is 35.2 Å². The quantitative estimate of drug-likeness (QED) is 0.1000. The van der Waals surface area contributed by atoms with Crippen LogP contribution in [0.5, 0.6) is 0 Å². The average Bonchev–Trinajstić information content (AvgIpc) is 3.70. The molecule has 7 amide bonds. The number of carbonyl (C=O) groups excluding carboxylic acids is 8. The normalized spacial score (nSPS) is 15.5. The number of amides is 7. The predicted octanol–water partition coefficient (Wildman–Crippen LogP) is 5.30. The summed E-state index contributed by atoms with van der Waals surface area (Å²) in [6.45, 7) is 24.9. The van der Waals surface area contributed by atoms with Crippen molar-refractivity contribution >= 4 is 58.4 Å². The van der Waals surface area contributed by atoms with E-state index in [2.05, 4.69) is 16.0 Å². The van der Waals surface area contributed by atoms with E-state index in [-0.39, 0.29) is 31.0 Å². The maximum Gasteiger partial charge on any atom is 0.410 e. The van der Waals surface area contributed by atoms with E-state index in [1.54, 1.807) is 54.7 Å². The Bertz CT molecular complexity index is 2230. The van der Waals surface area contributed by atoms with Crippen LogP contribution in [0, 0.1) is 11.3 Å². The number of aromatic nitrogens is 1. The highest BCUT2D eigenvalue weighted by atomic mass is 16.6. The number of para-hydroxylation sites is 1. The molecule has 0 saturated carbocycles. The van der Waals surface area contributed by atoms with Gasteiger partial charge < -0.3 is 34.9 Å². The van der Waals surface area contributed by atoms with Crippen LogP contribution in [0.1, 0.15) is 115 Å². The van der Waals surface area contributed by atoms with E-state index in [1.165, 1.54) is 23.8 Å². The highest BCUT2D eigenvalue weighted by molar-refractivity contribution is 6.13. The van der Waals surface area contributed by atoms with Crippen molar-refractivity contribution in [2.24, 2.45) is 18.4 Å². The number of carbonyl (C=O) groups is 8. The maximum absolute atomic E-state index is 15.0. The summed E-state index contributed by atoms with van der Waals surface area (Å²) in [4.78, 5) is 111. The van der Waals surface area contributed by atoms with Gasteiger partial charge in [-0.05, 0) is 77.8 Å². The molecular formula is C50H75N7O10. The fourth-order valence-corrected chi connectivity index (χ4v) is 8.02. The molecule has 0 bridgehead atoms. The largest absolute Gasteiger partial charge is 0.458 e. The zero-order valence-electron chi connectivity index (χ0n) is 42.7. The van der Waals surface area contributed by atoms with Gasteiger partial charge in [0.1, 0.15) is 29.3 Å². The van der Waals surface area contributed by atoms with Gasteiger partial charge in [0.05, 0.1) is 12.5 Å². The Hall–Kier alpha value is -6.00. The number of rotatable bonds is 18. The molecule has 3 rings (SSSR count). The van der Waals surface area contributed by atoms with Crippen molar-refractivity contribution < 1.29 is 47.8 Å². The number of nitrogens with one attached hydrogen (secondary N) is 3. The number of fused-ring (bicyclic) bond motifs is 1. The van der Waals surface area contributed by atoms with Crippen LogP contribution in [0.3, 0.4) is 0 Å². The average molecular weight is 934 g/mol. The SMILES string of the molecule is C/C(=C\[C@H](C(C)C)N(C)C(=O)C(CC(C)(C)C)NC(=O)[C@@H](N(C)C(=O)OC(C)(C)C)C(C)(C)c1cn(C)c2ccccc12)C(=O)N[C@H](CC(=O)NCCN1C(=O)C=CC1=O)C(=O)OC(C)(C)C. The minimum Gasteiger partial charge on any atom is -0.458 e. The predicted molar refractivity (Wildman–Crippen MR) is 256 cm³/mol. The lowest BCUT2D eigenvalue weighted by Gasteiger charge is -2.41. The standard InChI is InChI=1S/C50H75N7O10/c1-30(2)37(26-31(3)42(61)52-34(45(64)66-48(7,8)9)27-38(58)51-24-25-57-39(59)22-23-40(57)60)55(16)44(63)35(28-47(4,5)6)53-43(62)41(56(17)46(65)67-49(10,11)12)50(13,14)33-29-54(15)36-21-19-18-20-32(33)36/h18-23,26,29-30,34-35,37,41H,24-25,27-28H2,1-17H3,(H,51,58)(H,52,61)(H,53,62)/b31-26+/t34-,35?,37-,41-/m1/s1. The molecule has 0 radical (unpaired) electrons. The van der Waals surface area contributed by atoms with Gasteiger partial charge in [-0.25, -0.2) is 9.59 Å². The molecule has 17 heteroatoms. The molecule has 0 aliphatic carbocycles. The first-order valence-electron chi connectivity index (χ1n) is 22.7. The minimum absolute atomic E-state index is 0.0813.